The predicted molar refractivity (Wildman–Crippen MR) is 87.2 cm³/mol. The van der Waals surface area contributed by atoms with Crippen molar-refractivity contribution in [2.24, 2.45) is 13.0 Å². The van der Waals surface area contributed by atoms with Gasteiger partial charge in [0.1, 0.15) is 11.5 Å². The average molecular weight is 316 g/mol. The summed E-state index contributed by atoms with van der Waals surface area (Å²) in [4.78, 5) is 24.2. The molecule has 1 rings (SSSR count). The van der Waals surface area contributed by atoms with E-state index in [1.807, 2.05) is 13.8 Å². The Bertz CT molecular complexity index is 634. The third-order valence-electron chi connectivity index (χ3n) is 3.04. The van der Waals surface area contributed by atoms with Gasteiger partial charge >= 0.3 is 5.69 Å². The van der Waals surface area contributed by atoms with E-state index in [9.17, 15) is 13.8 Å². The van der Waals surface area contributed by atoms with Crippen LogP contribution in [0.2, 0.25) is 0 Å². The molecule has 0 aromatic carbocycles. The minimum atomic E-state index is -0.864. The average Bonchev–Trinajstić information content (AvgIpc) is 2.40. The molecule has 3 N–H and O–H groups in total. The van der Waals surface area contributed by atoms with Crippen LogP contribution in [-0.4, -0.2) is 31.9 Å². The summed E-state index contributed by atoms with van der Waals surface area (Å²) in [5.74, 6) is 0.950. The molecule has 8 heteroatoms. The Hall–Kier alpha value is -1.57. The third kappa shape index (κ3) is 4.45. The highest BCUT2D eigenvalue weighted by molar-refractivity contribution is 7.84. The Morgan fingerprint density at radius 2 is 1.95 bits per heavy atom. The molecule has 7 nitrogen and oxygen atoms in total. The molecule has 1 aromatic rings. The van der Waals surface area contributed by atoms with E-state index in [2.05, 4.69) is 5.32 Å². The van der Waals surface area contributed by atoms with Gasteiger partial charge in [-0.25, -0.2) is 4.79 Å². The van der Waals surface area contributed by atoms with Crippen LogP contribution in [0.4, 0.5) is 11.5 Å². The Morgan fingerprint density at radius 3 is 2.48 bits per heavy atom. The molecule has 21 heavy (non-hydrogen) atoms. The predicted octanol–water partition coefficient (Wildman–Crippen LogP) is -0.0343. The van der Waals surface area contributed by atoms with Crippen molar-refractivity contribution in [2.75, 3.05) is 29.6 Å². The van der Waals surface area contributed by atoms with Crippen molar-refractivity contribution < 1.29 is 4.21 Å². The van der Waals surface area contributed by atoms with Crippen molar-refractivity contribution in [3.63, 3.8) is 0 Å². The molecule has 0 spiro atoms. The lowest BCUT2D eigenvalue weighted by Crippen LogP contribution is -2.41. The van der Waals surface area contributed by atoms with Crippen molar-refractivity contribution in [1.29, 1.82) is 0 Å². The van der Waals surface area contributed by atoms with Crippen molar-refractivity contribution in [1.82, 2.24) is 9.13 Å². The van der Waals surface area contributed by atoms with E-state index in [4.69, 9.17) is 5.73 Å². The van der Waals surface area contributed by atoms with Gasteiger partial charge in [-0.3, -0.25) is 18.1 Å². The number of nitrogen functional groups attached to an aromatic ring is 1. The Morgan fingerprint density at radius 1 is 1.33 bits per heavy atom. The first-order chi connectivity index (χ1) is 9.75. The number of hydrogen-bond acceptors (Lipinski definition) is 5. The second kappa shape index (κ2) is 7.44. The van der Waals surface area contributed by atoms with Gasteiger partial charge in [-0.2, -0.15) is 0 Å². The molecular weight excluding hydrogens is 292 g/mol. The van der Waals surface area contributed by atoms with Gasteiger partial charge < -0.3 is 11.1 Å². The first-order valence-corrected chi connectivity index (χ1v) is 8.61. The standard InChI is InChI=1S/C13H24N4O3S/c1-9(2)8-17-11(14)10(12(18)16(3)13(17)19)15-6-5-7-21(4)20/h9,15H,5-8,14H2,1-4H3. The maximum atomic E-state index is 12.1. The van der Waals surface area contributed by atoms with Crippen LogP contribution < -0.4 is 22.3 Å². The van der Waals surface area contributed by atoms with Gasteiger partial charge in [-0.15, -0.1) is 0 Å². The molecule has 0 saturated carbocycles. The van der Waals surface area contributed by atoms with Crippen LogP contribution in [0.15, 0.2) is 9.59 Å². The van der Waals surface area contributed by atoms with Crippen LogP contribution in [0, 0.1) is 5.92 Å². The van der Waals surface area contributed by atoms with Crippen LogP contribution in [0.25, 0.3) is 0 Å². The molecule has 120 valence electrons. The summed E-state index contributed by atoms with van der Waals surface area (Å²) in [6, 6.07) is 0. The van der Waals surface area contributed by atoms with E-state index in [-0.39, 0.29) is 17.4 Å². The van der Waals surface area contributed by atoms with Crippen molar-refractivity contribution in [3.05, 3.63) is 20.8 Å². The number of nitrogens with one attached hydrogen (secondary N) is 1. The molecule has 0 aliphatic heterocycles. The second-order valence-electron chi connectivity index (χ2n) is 5.47. The normalized spacial score (nSPS) is 12.6. The number of nitrogens with two attached hydrogens (primary N) is 1. The Balaban J connectivity index is 3.08. The number of hydrogen-bond donors (Lipinski definition) is 2. The highest BCUT2D eigenvalue weighted by Crippen LogP contribution is 2.12. The largest absolute Gasteiger partial charge is 0.383 e. The summed E-state index contributed by atoms with van der Waals surface area (Å²) >= 11 is 0. The van der Waals surface area contributed by atoms with E-state index in [0.29, 0.717) is 25.3 Å². The lowest BCUT2D eigenvalue weighted by molar-refractivity contribution is 0.494. The van der Waals surface area contributed by atoms with Gasteiger partial charge in [0.25, 0.3) is 5.56 Å². The van der Waals surface area contributed by atoms with Gasteiger partial charge in [0.2, 0.25) is 0 Å². The Labute approximate surface area is 126 Å². The van der Waals surface area contributed by atoms with Gasteiger partial charge in [0, 0.05) is 42.9 Å². The molecule has 1 atom stereocenters. The summed E-state index contributed by atoms with van der Waals surface area (Å²) in [6.07, 6.45) is 2.30. The van der Waals surface area contributed by atoms with Crippen LogP contribution in [-0.2, 0) is 24.4 Å². The summed E-state index contributed by atoms with van der Waals surface area (Å²) in [7, 11) is 0.574. The molecule has 1 aromatic heterocycles. The number of rotatable bonds is 7. The first-order valence-electron chi connectivity index (χ1n) is 6.88. The van der Waals surface area contributed by atoms with Crippen molar-refractivity contribution in [3.8, 4) is 0 Å². The highest BCUT2D eigenvalue weighted by Gasteiger charge is 2.15. The maximum absolute atomic E-state index is 12.1. The van der Waals surface area contributed by atoms with Gasteiger partial charge in [-0.05, 0) is 12.3 Å². The summed E-state index contributed by atoms with van der Waals surface area (Å²) < 4.78 is 13.5. The van der Waals surface area contributed by atoms with Crippen molar-refractivity contribution >= 4 is 22.3 Å². The van der Waals surface area contributed by atoms with E-state index < -0.39 is 22.0 Å². The minimum Gasteiger partial charge on any atom is -0.383 e. The van der Waals surface area contributed by atoms with Gasteiger partial charge in [0.15, 0.2) is 0 Å². The monoisotopic (exact) mass is 316 g/mol. The lowest BCUT2D eigenvalue weighted by Gasteiger charge is -2.17. The summed E-state index contributed by atoms with van der Waals surface area (Å²) in [5, 5.41) is 2.97. The topological polar surface area (TPSA) is 99.1 Å². The number of anilines is 2. The van der Waals surface area contributed by atoms with E-state index >= 15 is 0 Å². The van der Waals surface area contributed by atoms with Crippen molar-refractivity contribution in [2.45, 2.75) is 26.8 Å². The fraction of sp³-hybridized carbons (Fsp3) is 0.692. The molecule has 1 heterocycles. The molecule has 0 amide bonds. The third-order valence-corrected chi connectivity index (χ3v) is 3.90. The molecule has 0 aliphatic rings. The molecule has 0 bridgehead atoms. The number of nitrogens with zero attached hydrogens (tertiary/aromatic N) is 2. The molecule has 0 saturated heterocycles. The summed E-state index contributed by atoms with van der Waals surface area (Å²) in [6.45, 7) is 4.88. The molecule has 0 radical (unpaired) electrons. The second-order valence-corrected chi connectivity index (χ2v) is 7.02. The quantitative estimate of drug-likeness (QED) is 0.688. The smallest absolute Gasteiger partial charge is 0.332 e. The Kier molecular flexibility index (Phi) is 6.19. The van der Waals surface area contributed by atoms with E-state index in [1.165, 1.54) is 11.6 Å². The fourth-order valence-electron chi connectivity index (χ4n) is 1.98. The van der Waals surface area contributed by atoms with E-state index in [1.54, 1.807) is 6.26 Å². The van der Waals surface area contributed by atoms with Gasteiger partial charge in [0.05, 0.1) is 0 Å². The molecule has 0 aliphatic carbocycles. The zero-order valence-corrected chi connectivity index (χ0v) is 13.8. The highest BCUT2D eigenvalue weighted by atomic mass is 32.2. The van der Waals surface area contributed by atoms with E-state index in [0.717, 1.165) is 4.57 Å². The van der Waals surface area contributed by atoms with Crippen LogP contribution in [0.1, 0.15) is 20.3 Å². The maximum Gasteiger partial charge on any atom is 0.332 e. The van der Waals surface area contributed by atoms with Crippen LogP contribution >= 0.6 is 0 Å². The fourth-order valence-corrected chi connectivity index (χ4v) is 2.53. The lowest BCUT2D eigenvalue weighted by atomic mass is 10.2. The zero-order valence-electron chi connectivity index (χ0n) is 13.0. The van der Waals surface area contributed by atoms with Crippen LogP contribution in [0.3, 0.4) is 0 Å². The molecular formula is C13H24N4O3S. The molecule has 0 fully saturated rings. The molecule has 1 unspecified atom stereocenters. The summed E-state index contributed by atoms with van der Waals surface area (Å²) in [5.41, 5.74) is 5.36. The minimum absolute atomic E-state index is 0.162. The van der Waals surface area contributed by atoms with Crippen LogP contribution in [0.5, 0.6) is 0 Å². The zero-order chi connectivity index (χ0) is 16.2. The first kappa shape index (κ1) is 17.5. The SMILES string of the molecule is CC(C)Cn1c(N)c(NCCCS(C)=O)c(=O)n(C)c1=O. The van der Waals surface area contributed by atoms with Gasteiger partial charge in [-0.1, -0.05) is 13.8 Å². The number of aromatic nitrogens is 2.